The Labute approximate surface area is 165 Å². The van der Waals surface area contributed by atoms with Gasteiger partial charge in [-0.25, -0.2) is 4.98 Å². The topological polar surface area (TPSA) is 53.5 Å². The van der Waals surface area contributed by atoms with Crippen molar-refractivity contribution in [3.63, 3.8) is 0 Å². The fourth-order valence-corrected chi connectivity index (χ4v) is 5.12. The van der Waals surface area contributed by atoms with Gasteiger partial charge >= 0.3 is 0 Å². The summed E-state index contributed by atoms with van der Waals surface area (Å²) in [7, 11) is 0. The van der Waals surface area contributed by atoms with Crippen molar-refractivity contribution in [1.82, 2.24) is 9.88 Å². The summed E-state index contributed by atoms with van der Waals surface area (Å²) in [5, 5.41) is 3.07. The van der Waals surface area contributed by atoms with Crippen LogP contribution in [0.25, 0.3) is 0 Å². The van der Waals surface area contributed by atoms with Gasteiger partial charge in [-0.3, -0.25) is 9.59 Å². The summed E-state index contributed by atoms with van der Waals surface area (Å²) in [6, 6.07) is 7.66. The Bertz CT molecular complexity index is 811. The van der Waals surface area contributed by atoms with Gasteiger partial charge in [0.15, 0.2) is 0 Å². The van der Waals surface area contributed by atoms with Gasteiger partial charge < -0.3 is 9.80 Å². The average molecular weight is 434 g/mol. The molecule has 1 aromatic heterocycles. The van der Waals surface area contributed by atoms with Crippen LogP contribution in [0, 0.1) is 5.92 Å². The quantitative estimate of drug-likeness (QED) is 0.693. The molecule has 3 heterocycles. The van der Waals surface area contributed by atoms with Crippen molar-refractivity contribution in [2.24, 2.45) is 5.92 Å². The number of hydrogen-bond acceptors (Lipinski definition) is 4. The molecular weight excluding hydrogens is 414 g/mol. The summed E-state index contributed by atoms with van der Waals surface area (Å²) in [6.45, 7) is 1.99. The molecule has 7 heteroatoms. The molecule has 4 rings (SSSR count). The Morgan fingerprint density at radius 2 is 2.08 bits per heavy atom. The first kappa shape index (κ1) is 17.7. The summed E-state index contributed by atoms with van der Waals surface area (Å²) in [4.78, 5) is 34.0. The molecule has 2 aliphatic rings. The zero-order valence-corrected chi connectivity index (χ0v) is 16.7. The van der Waals surface area contributed by atoms with E-state index in [9.17, 15) is 9.59 Å². The Kier molecular flexibility index (Phi) is 5.09. The number of carbonyl (C=O) groups is 2. The Hall–Kier alpha value is -1.73. The van der Waals surface area contributed by atoms with E-state index in [0.29, 0.717) is 25.4 Å². The maximum Gasteiger partial charge on any atom is 0.239 e. The highest BCUT2D eigenvalue weighted by Gasteiger charge is 2.41. The first-order chi connectivity index (χ1) is 12.6. The molecule has 0 spiro atoms. The summed E-state index contributed by atoms with van der Waals surface area (Å²) in [5.41, 5.74) is 0.840. The molecule has 2 fully saturated rings. The van der Waals surface area contributed by atoms with Gasteiger partial charge in [0, 0.05) is 41.6 Å². The number of para-hydroxylation sites is 1. The third-order valence-corrected chi connectivity index (χ3v) is 6.79. The van der Waals surface area contributed by atoms with E-state index in [2.05, 4.69) is 20.9 Å². The summed E-state index contributed by atoms with van der Waals surface area (Å²) in [6.07, 6.45) is 4.41. The SMILES string of the molecule is O=C(C1CCN(c2ccccc2Br)C1=O)N1CCCC(c2nccs2)C1. The van der Waals surface area contributed by atoms with Crippen LogP contribution >= 0.6 is 27.3 Å². The third kappa shape index (κ3) is 3.30. The predicted octanol–water partition coefficient (Wildman–Crippen LogP) is 3.66. The molecule has 26 heavy (non-hydrogen) atoms. The van der Waals surface area contributed by atoms with Crippen LogP contribution in [-0.2, 0) is 9.59 Å². The molecule has 0 radical (unpaired) electrons. The number of carbonyl (C=O) groups excluding carboxylic acids is 2. The molecule has 136 valence electrons. The molecule has 1 aromatic carbocycles. The molecule has 0 N–H and O–H groups in total. The molecule has 2 saturated heterocycles. The number of rotatable bonds is 3. The second-order valence-corrected chi connectivity index (χ2v) is 8.56. The lowest BCUT2D eigenvalue weighted by Crippen LogP contribution is -2.44. The van der Waals surface area contributed by atoms with Gasteiger partial charge in [-0.05, 0) is 47.3 Å². The lowest BCUT2D eigenvalue weighted by atomic mass is 9.96. The summed E-state index contributed by atoms with van der Waals surface area (Å²) >= 11 is 5.15. The lowest BCUT2D eigenvalue weighted by molar-refractivity contribution is -0.140. The number of aromatic nitrogens is 1. The van der Waals surface area contributed by atoms with Crippen LogP contribution in [0.3, 0.4) is 0 Å². The van der Waals surface area contributed by atoms with Gasteiger partial charge in [-0.15, -0.1) is 11.3 Å². The molecule has 2 unspecified atom stereocenters. The Morgan fingerprint density at radius 1 is 1.23 bits per heavy atom. The highest BCUT2D eigenvalue weighted by atomic mass is 79.9. The maximum atomic E-state index is 13.0. The highest BCUT2D eigenvalue weighted by Crippen LogP contribution is 2.34. The average Bonchev–Trinajstić information content (AvgIpc) is 3.32. The van der Waals surface area contributed by atoms with Gasteiger partial charge in [0.25, 0.3) is 0 Å². The number of thiazole rings is 1. The molecule has 5 nitrogen and oxygen atoms in total. The largest absolute Gasteiger partial charge is 0.341 e. The number of hydrogen-bond donors (Lipinski definition) is 0. The van der Waals surface area contributed by atoms with Crippen LogP contribution in [0.2, 0.25) is 0 Å². The summed E-state index contributed by atoms with van der Waals surface area (Å²) in [5.74, 6) is -0.371. The number of likely N-dealkylation sites (tertiary alicyclic amines) is 1. The van der Waals surface area contributed by atoms with Crippen LogP contribution in [0.5, 0.6) is 0 Å². The van der Waals surface area contributed by atoms with E-state index in [1.807, 2.05) is 40.7 Å². The third-order valence-electron chi connectivity index (χ3n) is 5.18. The highest BCUT2D eigenvalue weighted by molar-refractivity contribution is 9.10. The van der Waals surface area contributed by atoms with E-state index in [4.69, 9.17) is 0 Å². The number of halogens is 1. The number of anilines is 1. The minimum atomic E-state index is -0.558. The maximum absolute atomic E-state index is 13.0. The van der Waals surface area contributed by atoms with E-state index < -0.39 is 5.92 Å². The van der Waals surface area contributed by atoms with Crippen molar-refractivity contribution >= 4 is 44.8 Å². The van der Waals surface area contributed by atoms with E-state index in [1.54, 1.807) is 16.2 Å². The van der Waals surface area contributed by atoms with Crippen LogP contribution < -0.4 is 4.90 Å². The molecule has 2 amide bonds. The van der Waals surface area contributed by atoms with Crippen LogP contribution in [0.4, 0.5) is 5.69 Å². The van der Waals surface area contributed by atoms with Crippen molar-refractivity contribution in [3.05, 3.63) is 45.3 Å². The van der Waals surface area contributed by atoms with Gasteiger partial charge in [-0.1, -0.05) is 12.1 Å². The van der Waals surface area contributed by atoms with Crippen molar-refractivity contribution in [2.75, 3.05) is 24.5 Å². The number of nitrogens with zero attached hydrogens (tertiary/aromatic N) is 3. The molecule has 2 aliphatic heterocycles. The van der Waals surface area contributed by atoms with E-state index in [-0.39, 0.29) is 11.8 Å². The van der Waals surface area contributed by atoms with Crippen molar-refractivity contribution in [3.8, 4) is 0 Å². The number of amides is 2. The second-order valence-electron chi connectivity index (χ2n) is 6.78. The van der Waals surface area contributed by atoms with E-state index in [1.165, 1.54) is 0 Å². The van der Waals surface area contributed by atoms with Crippen LogP contribution in [-0.4, -0.2) is 41.3 Å². The summed E-state index contributed by atoms with van der Waals surface area (Å²) < 4.78 is 0.878. The molecule has 0 saturated carbocycles. The van der Waals surface area contributed by atoms with E-state index in [0.717, 1.165) is 34.6 Å². The zero-order chi connectivity index (χ0) is 18.1. The van der Waals surface area contributed by atoms with Crippen LogP contribution in [0.1, 0.15) is 30.2 Å². The van der Waals surface area contributed by atoms with E-state index >= 15 is 0 Å². The Morgan fingerprint density at radius 3 is 2.85 bits per heavy atom. The fourth-order valence-electron chi connectivity index (χ4n) is 3.85. The molecule has 2 atom stereocenters. The second kappa shape index (κ2) is 7.48. The Balaban J connectivity index is 1.47. The predicted molar refractivity (Wildman–Crippen MR) is 105 cm³/mol. The molecule has 0 bridgehead atoms. The van der Waals surface area contributed by atoms with Crippen molar-refractivity contribution in [1.29, 1.82) is 0 Å². The van der Waals surface area contributed by atoms with Crippen molar-refractivity contribution < 1.29 is 9.59 Å². The minimum Gasteiger partial charge on any atom is -0.341 e. The fraction of sp³-hybridized carbons (Fsp3) is 0.421. The molecule has 2 aromatic rings. The smallest absolute Gasteiger partial charge is 0.239 e. The van der Waals surface area contributed by atoms with Gasteiger partial charge in [0.05, 0.1) is 10.7 Å². The standard InChI is InChI=1S/C19H20BrN3O2S/c20-15-5-1-2-6-16(15)23-10-7-14(19(23)25)18(24)22-9-3-4-13(12-22)17-21-8-11-26-17/h1-2,5-6,8,11,13-14H,3-4,7,9-10,12H2. The molecular formula is C19H20BrN3O2S. The monoisotopic (exact) mass is 433 g/mol. The van der Waals surface area contributed by atoms with Gasteiger partial charge in [-0.2, -0.15) is 0 Å². The first-order valence-electron chi connectivity index (χ1n) is 8.89. The van der Waals surface area contributed by atoms with Gasteiger partial charge in [0.2, 0.25) is 11.8 Å². The zero-order valence-electron chi connectivity index (χ0n) is 14.3. The first-order valence-corrected chi connectivity index (χ1v) is 10.6. The minimum absolute atomic E-state index is 0.0224. The van der Waals surface area contributed by atoms with Gasteiger partial charge in [0.1, 0.15) is 5.92 Å². The lowest BCUT2D eigenvalue weighted by Gasteiger charge is -2.33. The van der Waals surface area contributed by atoms with Crippen LogP contribution in [0.15, 0.2) is 40.3 Å². The molecule has 0 aliphatic carbocycles. The number of benzene rings is 1. The normalized spacial score (nSPS) is 23.5. The number of piperidine rings is 1. The van der Waals surface area contributed by atoms with Crippen molar-refractivity contribution in [2.45, 2.75) is 25.2 Å².